The van der Waals surface area contributed by atoms with Gasteiger partial charge in [-0.3, -0.25) is 15.1 Å². The number of hydrogen-bond donors (Lipinski definition) is 2. The van der Waals surface area contributed by atoms with Crippen LogP contribution in [0.1, 0.15) is 46.7 Å². The fraction of sp³-hybridized carbons (Fsp3) is 0.316. The minimum atomic E-state index is -4.47. The summed E-state index contributed by atoms with van der Waals surface area (Å²) in [5, 5.41) is 9.26. The van der Waals surface area contributed by atoms with Crippen LogP contribution in [-0.2, 0) is 11.0 Å². The van der Waals surface area contributed by atoms with Crippen LogP contribution in [0, 0.1) is 0 Å². The molecule has 0 bridgehead atoms. The first-order valence-electron chi connectivity index (χ1n) is 9.27. The fourth-order valence-electron chi connectivity index (χ4n) is 3.87. The monoisotopic (exact) mass is 416 g/mol. The molecule has 0 spiro atoms. The Bertz CT molecular complexity index is 1160. The first-order chi connectivity index (χ1) is 14.3. The standard InChI is InChI=1S/C19H15F3N6O2/c20-19(21,22)15-2-1-9(7-24-15)10-5-11(10)12-6-14(27-28-4-3-23-16(12)28)13-8-25-18(30)26-17(13)29/h1-4,6-7,10-11,13H,5,8H2,(H2,25,26,29,30)/t10-,11+,13?/m0/s1. The number of pyridine rings is 1. The largest absolute Gasteiger partial charge is 0.433 e. The molecule has 154 valence electrons. The summed E-state index contributed by atoms with van der Waals surface area (Å²) in [7, 11) is 0. The predicted molar refractivity (Wildman–Crippen MR) is 96.6 cm³/mol. The Balaban J connectivity index is 1.46. The van der Waals surface area contributed by atoms with E-state index in [-0.39, 0.29) is 18.4 Å². The summed E-state index contributed by atoms with van der Waals surface area (Å²) in [5.41, 5.74) is 1.78. The number of carbonyl (C=O) groups excluding carboxylic acids is 2. The topological polar surface area (TPSA) is 101 Å². The minimum Gasteiger partial charge on any atom is -0.337 e. The highest BCUT2D eigenvalue weighted by molar-refractivity contribution is 6.00. The van der Waals surface area contributed by atoms with Crippen molar-refractivity contribution in [2.24, 2.45) is 0 Å². The van der Waals surface area contributed by atoms with Gasteiger partial charge in [-0.15, -0.1) is 0 Å². The molecule has 5 rings (SSSR count). The maximum Gasteiger partial charge on any atom is 0.433 e. The van der Waals surface area contributed by atoms with Crippen LogP contribution in [0.15, 0.2) is 36.8 Å². The van der Waals surface area contributed by atoms with Gasteiger partial charge in [0.15, 0.2) is 5.65 Å². The molecule has 11 heteroatoms. The molecule has 1 saturated heterocycles. The maximum absolute atomic E-state index is 12.8. The van der Waals surface area contributed by atoms with E-state index < -0.39 is 29.7 Å². The second kappa shape index (κ2) is 6.51. The van der Waals surface area contributed by atoms with Crippen LogP contribution in [0.3, 0.4) is 0 Å². The molecule has 30 heavy (non-hydrogen) atoms. The molecule has 0 aromatic carbocycles. The van der Waals surface area contributed by atoms with Crippen molar-refractivity contribution in [1.29, 1.82) is 0 Å². The molecule has 0 radical (unpaired) electrons. The summed E-state index contributed by atoms with van der Waals surface area (Å²) in [4.78, 5) is 31.5. The van der Waals surface area contributed by atoms with E-state index in [0.29, 0.717) is 11.3 Å². The number of nitrogens with one attached hydrogen (secondary N) is 2. The van der Waals surface area contributed by atoms with E-state index in [4.69, 9.17) is 0 Å². The van der Waals surface area contributed by atoms with Crippen molar-refractivity contribution in [3.8, 4) is 0 Å². The quantitative estimate of drug-likeness (QED) is 0.683. The highest BCUT2D eigenvalue weighted by Crippen LogP contribution is 2.55. The molecule has 2 N–H and O–H groups in total. The zero-order valence-corrected chi connectivity index (χ0v) is 15.3. The summed E-state index contributed by atoms with van der Waals surface area (Å²) in [6, 6.07) is 3.70. The Hall–Kier alpha value is -3.50. The van der Waals surface area contributed by atoms with Crippen molar-refractivity contribution in [3.05, 3.63) is 59.3 Å². The van der Waals surface area contributed by atoms with Crippen LogP contribution in [0.4, 0.5) is 18.0 Å². The van der Waals surface area contributed by atoms with Gasteiger partial charge in [-0.2, -0.15) is 18.3 Å². The van der Waals surface area contributed by atoms with Gasteiger partial charge in [0, 0.05) is 30.7 Å². The predicted octanol–water partition coefficient (Wildman–Crippen LogP) is 2.34. The molecular weight excluding hydrogens is 401 g/mol. The van der Waals surface area contributed by atoms with Crippen molar-refractivity contribution in [2.45, 2.75) is 30.4 Å². The smallest absolute Gasteiger partial charge is 0.337 e. The van der Waals surface area contributed by atoms with Gasteiger partial charge in [0.25, 0.3) is 0 Å². The van der Waals surface area contributed by atoms with Gasteiger partial charge < -0.3 is 5.32 Å². The zero-order chi connectivity index (χ0) is 21.0. The van der Waals surface area contributed by atoms with E-state index in [1.165, 1.54) is 12.3 Å². The SMILES string of the molecule is O=C1NCC(c2cc([C@@H]3C[C@H]3c3ccc(C(F)(F)F)nc3)c3nccn3n2)C(=O)N1. The summed E-state index contributed by atoms with van der Waals surface area (Å²) in [6.45, 7) is 0.133. The molecule has 8 nitrogen and oxygen atoms in total. The Morgan fingerprint density at radius 3 is 2.67 bits per heavy atom. The fourth-order valence-corrected chi connectivity index (χ4v) is 3.87. The lowest BCUT2D eigenvalue weighted by Gasteiger charge is -2.22. The van der Waals surface area contributed by atoms with Gasteiger partial charge in [-0.25, -0.2) is 14.3 Å². The summed E-state index contributed by atoms with van der Waals surface area (Å²) >= 11 is 0. The Morgan fingerprint density at radius 1 is 1.13 bits per heavy atom. The number of alkyl halides is 3. The highest BCUT2D eigenvalue weighted by atomic mass is 19.4. The molecule has 2 aliphatic rings. The van der Waals surface area contributed by atoms with E-state index in [1.807, 2.05) is 0 Å². The lowest BCUT2D eigenvalue weighted by Crippen LogP contribution is -2.51. The number of fused-ring (bicyclic) bond motifs is 1. The first kappa shape index (κ1) is 18.5. The zero-order valence-electron chi connectivity index (χ0n) is 15.3. The molecule has 3 atom stereocenters. The lowest BCUT2D eigenvalue weighted by atomic mass is 9.99. The number of halogens is 3. The van der Waals surface area contributed by atoms with Crippen LogP contribution in [0.5, 0.6) is 0 Å². The summed E-state index contributed by atoms with van der Waals surface area (Å²) < 4.78 is 39.8. The third kappa shape index (κ3) is 3.15. The molecule has 3 aromatic heterocycles. The van der Waals surface area contributed by atoms with E-state index in [1.54, 1.807) is 23.0 Å². The number of imide groups is 1. The number of hydrogen-bond acceptors (Lipinski definition) is 5. The third-order valence-electron chi connectivity index (χ3n) is 5.48. The van der Waals surface area contributed by atoms with Crippen molar-refractivity contribution >= 4 is 17.6 Å². The Labute approximate surface area is 167 Å². The number of nitrogens with zero attached hydrogens (tertiary/aromatic N) is 4. The average molecular weight is 416 g/mol. The van der Waals surface area contributed by atoms with Gasteiger partial charge >= 0.3 is 12.2 Å². The van der Waals surface area contributed by atoms with Crippen molar-refractivity contribution in [2.75, 3.05) is 6.54 Å². The number of amides is 3. The van der Waals surface area contributed by atoms with Crippen LogP contribution in [0.25, 0.3) is 5.65 Å². The van der Waals surface area contributed by atoms with E-state index in [2.05, 4.69) is 25.7 Å². The minimum absolute atomic E-state index is 0.00965. The van der Waals surface area contributed by atoms with Gasteiger partial charge in [0.2, 0.25) is 5.91 Å². The lowest BCUT2D eigenvalue weighted by molar-refractivity contribution is -0.141. The molecule has 1 aliphatic carbocycles. The van der Waals surface area contributed by atoms with Gasteiger partial charge in [0.05, 0.1) is 11.6 Å². The first-order valence-corrected chi connectivity index (χ1v) is 9.27. The molecule has 3 aromatic rings. The normalized spacial score (nSPS) is 23.9. The number of aromatic nitrogens is 4. The van der Waals surface area contributed by atoms with E-state index >= 15 is 0 Å². The number of urea groups is 1. The molecule has 1 unspecified atom stereocenters. The molecule has 3 amide bonds. The van der Waals surface area contributed by atoms with Crippen molar-refractivity contribution < 1.29 is 22.8 Å². The van der Waals surface area contributed by atoms with Crippen LogP contribution in [-0.4, -0.2) is 38.1 Å². The highest BCUT2D eigenvalue weighted by Gasteiger charge is 2.43. The van der Waals surface area contributed by atoms with E-state index in [9.17, 15) is 22.8 Å². The number of carbonyl (C=O) groups is 2. The van der Waals surface area contributed by atoms with Crippen molar-refractivity contribution in [1.82, 2.24) is 30.2 Å². The third-order valence-corrected chi connectivity index (χ3v) is 5.48. The van der Waals surface area contributed by atoms with Crippen LogP contribution in [0.2, 0.25) is 0 Å². The Kier molecular flexibility index (Phi) is 4.02. The number of rotatable bonds is 3. The maximum atomic E-state index is 12.8. The van der Waals surface area contributed by atoms with Crippen LogP contribution >= 0.6 is 0 Å². The van der Waals surface area contributed by atoms with Gasteiger partial charge in [-0.1, -0.05) is 6.07 Å². The number of imidazole rings is 1. The average Bonchev–Trinajstić information content (AvgIpc) is 3.35. The summed E-state index contributed by atoms with van der Waals surface area (Å²) in [5.74, 6) is -1.04. The molecular formula is C19H15F3N6O2. The molecule has 4 heterocycles. The Morgan fingerprint density at radius 2 is 1.97 bits per heavy atom. The van der Waals surface area contributed by atoms with Crippen LogP contribution < -0.4 is 10.6 Å². The van der Waals surface area contributed by atoms with Gasteiger partial charge in [0.1, 0.15) is 5.69 Å². The van der Waals surface area contributed by atoms with Crippen molar-refractivity contribution in [3.63, 3.8) is 0 Å². The molecule has 2 fully saturated rings. The summed E-state index contributed by atoms with van der Waals surface area (Å²) in [6.07, 6.45) is 0.780. The molecule has 1 aliphatic heterocycles. The second-order valence-electron chi connectivity index (χ2n) is 7.40. The molecule has 1 saturated carbocycles. The second-order valence-corrected chi connectivity index (χ2v) is 7.40. The van der Waals surface area contributed by atoms with E-state index in [0.717, 1.165) is 23.6 Å². The van der Waals surface area contributed by atoms with Gasteiger partial charge in [-0.05, 0) is 36.0 Å².